The Kier molecular flexibility index (Phi) is 5.76. The molecule has 0 spiro atoms. The fourth-order valence-corrected chi connectivity index (χ4v) is 2.98. The number of nitrogens with one attached hydrogen (secondary N) is 1. The molecular formula is C15H20FN3OS. The number of hydrogen-bond acceptors (Lipinski definition) is 5. The van der Waals surface area contributed by atoms with E-state index in [1.807, 2.05) is 13.1 Å². The van der Waals surface area contributed by atoms with Crippen LogP contribution in [0.4, 0.5) is 4.39 Å². The zero-order chi connectivity index (χ0) is 15.2. The smallest absolute Gasteiger partial charge is 0.231 e. The number of likely N-dealkylation sites (N-methyl/N-ethyl adjacent to an activating group) is 1. The van der Waals surface area contributed by atoms with Crippen LogP contribution in [0.15, 0.2) is 33.7 Å². The van der Waals surface area contributed by atoms with Crippen molar-refractivity contribution in [2.45, 2.75) is 42.9 Å². The molecule has 2 aromatic rings. The number of halogens is 1. The zero-order valence-corrected chi connectivity index (χ0v) is 13.3. The van der Waals surface area contributed by atoms with Crippen molar-refractivity contribution in [2.24, 2.45) is 0 Å². The summed E-state index contributed by atoms with van der Waals surface area (Å²) in [5.41, 5.74) is 0. The Morgan fingerprint density at radius 2 is 2.14 bits per heavy atom. The van der Waals surface area contributed by atoms with Crippen molar-refractivity contribution in [3.8, 4) is 0 Å². The standard InChI is InChI=1S/C15H20FN3OS/c1-4-12(17-3)10(2)15-18-14(19-20-15)9-21-13-8-6-5-7-11(13)16/h5-8,10,12,17H,4,9H2,1-3H3. The van der Waals surface area contributed by atoms with E-state index in [9.17, 15) is 4.39 Å². The highest BCUT2D eigenvalue weighted by Gasteiger charge is 2.21. The molecule has 4 nitrogen and oxygen atoms in total. The van der Waals surface area contributed by atoms with Gasteiger partial charge in [-0.05, 0) is 25.6 Å². The fraction of sp³-hybridized carbons (Fsp3) is 0.467. The molecule has 1 N–H and O–H groups in total. The lowest BCUT2D eigenvalue weighted by Crippen LogP contribution is -2.30. The van der Waals surface area contributed by atoms with Gasteiger partial charge in [0.1, 0.15) is 5.82 Å². The summed E-state index contributed by atoms with van der Waals surface area (Å²) < 4.78 is 18.9. The predicted molar refractivity (Wildman–Crippen MR) is 81.8 cm³/mol. The molecule has 0 saturated carbocycles. The van der Waals surface area contributed by atoms with Crippen molar-refractivity contribution in [1.82, 2.24) is 15.5 Å². The molecule has 0 radical (unpaired) electrons. The van der Waals surface area contributed by atoms with Gasteiger partial charge >= 0.3 is 0 Å². The Labute approximate surface area is 128 Å². The first-order chi connectivity index (χ1) is 10.2. The first kappa shape index (κ1) is 16.0. The summed E-state index contributed by atoms with van der Waals surface area (Å²) in [4.78, 5) is 5.01. The van der Waals surface area contributed by atoms with E-state index < -0.39 is 0 Å². The second-order valence-corrected chi connectivity index (χ2v) is 5.88. The van der Waals surface area contributed by atoms with E-state index in [4.69, 9.17) is 4.52 Å². The summed E-state index contributed by atoms with van der Waals surface area (Å²) in [6.07, 6.45) is 0.985. The van der Waals surface area contributed by atoms with Crippen LogP contribution in [-0.4, -0.2) is 23.2 Å². The number of rotatable bonds is 7. The van der Waals surface area contributed by atoms with Gasteiger partial charge in [-0.1, -0.05) is 31.1 Å². The summed E-state index contributed by atoms with van der Waals surface area (Å²) in [6, 6.07) is 6.99. The monoisotopic (exact) mass is 309 g/mol. The Balaban J connectivity index is 1.99. The Bertz CT molecular complexity index is 572. The maximum atomic E-state index is 13.5. The number of aromatic nitrogens is 2. The first-order valence-electron chi connectivity index (χ1n) is 7.02. The van der Waals surface area contributed by atoms with Crippen molar-refractivity contribution in [3.63, 3.8) is 0 Å². The number of hydrogen-bond donors (Lipinski definition) is 1. The summed E-state index contributed by atoms with van der Waals surface area (Å²) in [5, 5.41) is 7.22. The maximum Gasteiger partial charge on any atom is 0.231 e. The van der Waals surface area contributed by atoms with Crippen LogP contribution in [0, 0.1) is 5.82 Å². The van der Waals surface area contributed by atoms with E-state index in [0.717, 1.165) is 6.42 Å². The van der Waals surface area contributed by atoms with Gasteiger partial charge in [0.15, 0.2) is 5.82 Å². The summed E-state index contributed by atoms with van der Waals surface area (Å²) >= 11 is 1.37. The quantitative estimate of drug-likeness (QED) is 0.792. The lowest BCUT2D eigenvalue weighted by molar-refractivity contribution is 0.324. The molecule has 0 aliphatic rings. The molecule has 0 aliphatic heterocycles. The van der Waals surface area contributed by atoms with Crippen molar-refractivity contribution >= 4 is 11.8 Å². The van der Waals surface area contributed by atoms with Gasteiger partial charge in [-0.3, -0.25) is 0 Å². The Morgan fingerprint density at radius 3 is 2.81 bits per heavy atom. The molecule has 1 aromatic heterocycles. The molecular weight excluding hydrogens is 289 g/mol. The highest BCUT2D eigenvalue weighted by molar-refractivity contribution is 7.98. The van der Waals surface area contributed by atoms with Gasteiger partial charge in [0.25, 0.3) is 0 Å². The van der Waals surface area contributed by atoms with E-state index in [-0.39, 0.29) is 11.7 Å². The molecule has 2 rings (SSSR count). The minimum Gasteiger partial charge on any atom is -0.339 e. The SMILES string of the molecule is CCC(NC)C(C)c1nc(CSc2ccccc2F)no1. The van der Waals surface area contributed by atoms with Crippen molar-refractivity contribution in [3.05, 3.63) is 41.8 Å². The first-order valence-corrected chi connectivity index (χ1v) is 8.01. The van der Waals surface area contributed by atoms with Gasteiger partial charge in [0.2, 0.25) is 5.89 Å². The molecule has 0 fully saturated rings. The molecule has 2 atom stereocenters. The molecule has 21 heavy (non-hydrogen) atoms. The molecule has 1 aromatic carbocycles. The van der Waals surface area contributed by atoms with Crippen LogP contribution < -0.4 is 5.32 Å². The third-order valence-electron chi connectivity index (χ3n) is 3.48. The lowest BCUT2D eigenvalue weighted by Gasteiger charge is -2.18. The molecule has 6 heteroatoms. The third kappa shape index (κ3) is 4.04. The second kappa shape index (κ2) is 7.56. The zero-order valence-electron chi connectivity index (χ0n) is 12.5. The number of thioether (sulfide) groups is 1. The van der Waals surface area contributed by atoms with E-state index in [1.54, 1.807) is 12.1 Å². The van der Waals surface area contributed by atoms with Gasteiger partial charge < -0.3 is 9.84 Å². The molecule has 0 aliphatic carbocycles. The second-order valence-electron chi connectivity index (χ2n) is 4.86. The topological polar surface area (TPSA) is 51.0 Å². The van der Waals surface area contributed by atoms with Gasteiger partial charge in [-0.25, -0.2) is 4.39 Å². The maximum absolute atomic E-state index is 13.5. The molecule has 0 bridgehead atoms. The predicted octanol–water partition coefficient (Wildman–Crippen LogP) is 3.60. The largest absolute Gasteiger partial charge is 0.339 e. The summed E-state index contributed by atoms with van der Waals surface area (Å²) in [5.74, 6) is 1.64. The minimum atomic E-state index is -0.221. The number of nitrogens with zero attached hydrogens (tertiary/aromatic N) is 2. The van der Waals surface area contributed by atoms with Crippen LogP contribution in [0.1, 0.15) is 37.9 Å². The van der Waals surface area contributed by atoms with Gasteiger partial charge in [-0.15, -0.1) is 11.8 Å². The summed E-state index contributed by atoms with van der Waals surface area (Å²) in [6.45, 7) is 4.18. The Hall–Kier alpha value is -1.40. The average Bonchev–Trinajstić information content (AvgIpc) is 2.96. The average molecular weight is 309 g/mol. The van der Waals surface area contributed by atoms with Crippen LogP contribution in [0.3, 0.4) is 0 Å². The van der Waals surface area contributed by atoms with Crippen LogP contribution in [0.2, 0.25) is 0 Å². The normalized spacial score (nSPS) is 14.1. The van der Waals surface area contributed by atoms with Crippen LogP contribution >= 0.6 is 11.8 Å². The Morgan fingerprint density at radius 1 is 1.38 bits per heavy atom. The van der Waals surface area contributed by atoms with Gasteiger partial charge in [0.05, 0.1) is 11.7 Å². The highest BCUT2D eigenvalue weighted by atomic mass is 32.2. The van der Waals surface area contributed by atoms with Crippen LogP contribution in [0.5, 0.6) is 0 Å². The van der Waals surface area contributed by atoms with Crippen molar-refractivity contribution in [1.29, 1.82) is 0 Å². The van der Waals surface area contributed by atoms with Crippen molar-refractivity contribution in [2.75, 3.05) is 7.05 Å². The van der Waals surface area contributed by atoms with E-state index in [0.29, 0.717) is 28.4 Å². The minimum absolute atomic E-state index is 0.153. The van der Waals surface area contributed by atoms with Crippen LogP contribution in [0.25, 0.3) is 0 Å². The van der Waals surface area contributed by atoms with E-state index >= 15 is 0 Å². The fourth-order valence-electron chi connectivity index (χ4n) is 2.19. The van der Waals surface area contributed by atoms with E-state index in [2.05, 4.69) is 29.3 Å². The van der Waals surface area contributed by atoms with E-state index in [1.165, 1.54) is 17.8 Å². The molecule has 0 amide bonds. The van der Waals surface area contributed by atoms with Crippen molar-refractivity contribution < 1.29 is 8.91 Å². The van der Waals surface area contributed by atoms with Gasteiger partial charge in [0, 0.05) is 10.9 Å². The molecule has 2 unspecified atom stereocenters. The lowest BCUT2D eigenvalue weighted by atomic mass is 10.00. The highest BCUT2D eigenvalue weighted by Crippen LogP contribution is 2.25. The van der Waals surface area contributed by atoms with Gasteiger partial charge in [-0.2, -0.15) is 4.98 Å². The molecule has 1 heterocycles. The van der Waals surface area contributed by atoms with Crippen LogP contribution in [-0.2, 0) is 5.75 Å². The molecule has 0 saturated heterocycles. The number of benzene rings is 1. The summed E-state index contributed by atoms with van der Waals surface area (Å²) in [7, 11) is 1.93. The third-order valence-corrected chi connectivity index (χ3v) is 4.53. The molecule has 114 valence electrons.